The van der Waals surface area contributed by atoms with Crippen LogP contribution in [0.25, 0.3) is 0 Å². The summed E-state index contributed by atoms with van der Waals surface area (Å²) in [6, 6.07) is 0.212. The third-order valence-electron chi connectivity index (χ3n) is 3.12. The van der Waals surface area contributed by atoms with E-state index in [4.69, 9.17) is 5.11 Å². The van der Waals surface area contributed by atoms with Crippen molar-refractivity contribution in [2.45, 2.75) is 51.6 Å². The first-order valence-electron chi connectivity index (χ1n) is 6.15. The van der Waals surface area contributed by atoms with Crippen LogP contribution in [-0.4, -0.2) is 47.2 Å². The average Bonchev–Trinajstić information content (AvgIpc) is 2.17. The normalized spacial score (nSPS) is 20.7. The van der Waals surface area contributed by atoms with Crippen LogP contribution in [0.3, 0.4) is 0 Å². The lowest BCUT2D eigenvalue weighted by molar-refractivity contribution is -0.143. The van der Waals surface area contributed by atoms with E-state index in [1.54, 1.807) is 13.8 Å². The SMILES string of the molecule is CC(CN1CCCCC1)NC(C)(C)C(=O)O. The fraction of sp³-hybridized carbons (Fsp3) is 0.917. The van der Waals surface area contributed by atoms with Crippen LogP contribution in [0.4, 0.5) is 0 Å². The number of rotatable bonds is 5. The molecule has 0 aromatic rings. The van der Waals surface area contributed by atoms with Gasteiger partial charge in [0.15, 0.2) is 0 Å². The fourth-order valence-electron chi connectivity index (χ4n) is 2.25. The second-order valence-corrected chi connectivity index (χ2v) is 5.34. The van der Waals surface area contributed by atoms with E-state index in [1.807, 2.05) is 0 Å². The zero-order valence-electron chi connectivity index (χ0n) is 10.6. The summed E-state index contributed by atoms with van der Waals surface area (Å²) in [6.07, 6.45) is 3.88. The topological polar surface area (TPSA) is 52.6 Å². The standard InChI is InChI=1S/C12H24N2O2/c1-10(13-12(2,3)11(15)16)9-14-7-5-4-6-8-14/h10,13H,4-9H2,1-3H3,(H,15,16). The Morgan fingerprint density at radius 2 is 1.94 bits per heavy atom. The van der Waals surface area contributed by atoms with Gasteiger partial charge in [-0.2, -0.15) is 0 Å². The van der Waals surface area contributed by atoms with Gasteiger partial charge in [-0.25, -0.2) is 0 Å². The molecule has 1 fully saturated rings. The number of carbonyl (C=O) groups is 1. The van der Waals surface area contributed by atoms with Crippen LogP contribution in [0, 0.1) is 0 Å². The van der Waals surface area contributed by atoms with Crippen molar-refractivity contribution in [3.05, 3.63) is 0 Å². The second-order valence-electron chi connectivity index (χ2n) is 5.34. The van der Waals surface area contributed by atoms with E-state index in [0.29, 0.717) is 0 Å². The third-order valence-corrected chi connectivity index (χ3v) is 3.12. The molecule has 0 saturated carbocycles. The third kappa shape index (κ3) is 4.10. The monoisotopic (exact) mass is 228 g/mol. The van der Waals surface area contributed by atoms with Crippen molar-refractivity contribution >= 4 is 5.97 Å². The Morgan fingerprint density at radius 1 is 1.38 bits per heavy atom. The summed E-state index contributed by atoms with van der Waals surface area (Å²) in [7, 11) is 0. The molecule has 4 nitrogen and oxygen atoms in total. The van der Waals surface area contributed by atoms with Crippen molar-refractivity contribution in [1.82, 2.24) is 10.2 Å². The Morgan fingerprint density at radius 3 is 2.44 bits per heavy atom. The van der Waals surface area contributed by atoms with Crippen LogP contribution >= 0.6 is 0 Å². The quantitative estimate of drug-likeness (QED) is 0.745. The highest BCUT2D eigenvalue weighted by Gasteiger charge is 2.28. The van der Waals surface area contributed by atoms with Gasteiger partial charge in [-0.3, -0.25) is 10.1 Å². The molecule has 1 aliphatic heterocycles. The van der Waals surface area contributed by atoms with Crippen LogP contribution in [0.15, 0.2) is 0 Å². The molecule has 1 atom stereocenters. The molecule has 1 aliphatic rings. The van der Waals surface area contributed by atoms with Gasteiger partial charge in [0, 0.05) is 12.6 Å². The smallest absolute Gasteiger partial charge is 0.323 e. The van der Waals surface area contributed by atoms with Crippen molar-refractivity contribution in [1.29, 1.82) is 0 Å². The average molecular weight is 228 g/mol. The van der Waals surface area contributed by atoms with Crippen molar-refractivity contribution in [3.8, 4) is 0 Å². The maximum absolute atomic E-state index is 11.0. The Balaban J connectivity index is 2.34. The van der Waals surface area contributed by atoms with E-state index in [1.165, 1.54) is 19.3 Å². The number of piperidine rings is 1. The minimum absolute atomic E-state index is 0.212. The first-order valence-corrected chi connectivity index (χ1v) is 6.15. The van der Waals surface area contributed by atoms with E-state index in [0.717, 1.165) is 19.6 Å². The Hall–Kier alpha value is -0.610. The van der Waals surface area contributed by atoms with Crippen molar-refractivity contribution < 1.29 is 9.90 Å². The molecule has 0 aromatic carbocycles. The number of carboxylic acids is 1. The summed E-state index contributed by atoms with van der Waals surface area (Å²) >= 11 is 0. The fourth-order valence-corrected chi connectivity index (χ4v) is 2.25. The number of nitrogens with one attached hydrogen (secondary N) is 1. The first-order chi connectivity index (χ1) is 7.42. The minimum atomic E-state index is -0.838. The molecule has 16 heavy (non-hydrogen) atoms. The van der Waals surface area contributed by atoms with Gasteiger partial charge in [-0.1, -0.05) is 6.42 Å². The highest BCUT2D eigenvalue weighted by molar-refractivity contribution is 5.77. The highest BCUT2D eigenvalue weighted by Crippen LogP contribution is 2.10. The summed E-state index contributed by atoms with van der Waals surface area (Å²) in [5.41, 5.74) is -0.838. The summed E-state index contributed by atoms with van der Waals surface area (Å²) in [6.45, 7) is 8.72. The maximum atomic E-state index is 11.0. The Bertz CT molecular complexity index is 235. The van der Waals surface area contributed by atoms with Crippen LogP contribution in [-0.2, 0) is 4.79 Å². The van der Waals surface area contributed by atoms with Crippen LogP contribution in [0.2, 0.25) is 0 Å². The molecule has 0 bridgehead atoms. The first kappa shape index (κ1) is 13.5. The largest absolute Gasteiger partial charge is 0.480 e. The molecule has 0 radical (unpaired) electrons. The number of aliphatic carboxylic acids is 1. The predicted octanol–water partition coefficient (Wildman–Crippen LogP) is 1.31. The van der Waals surface area contributed by atoms with Crippen LogP contribution < -0.4 is 5.32 Å². The molecule has 0 aromatic heterocycles. The molecule has 2 N–H and O–H groups in total. The predicted molar refractivity (Wildman–Crippen MR) is 64.6 cm³/mol. The van der Waals surface area contributed by atoms with Crippen LogP contribution in [0.1, 0.15) is 40.0 Å². The minimum Gasteiger partial charge on any atom is -0.480 e. The number of carboxylic acid groups (broad SMARTS) is 1. The van der Waals surface area contributed by atoms with Crippen molar-refractivity contribution in [2.75, 3.05) is 19.6 Å². The van der Waals surface area contributed by atoms with Gasteiger partial charge in [-0.05, 0) is 46.7 Å². The van der Waals surface area contributed by atoms with Gasteiger partial charge in [0.2, 0.25) is 0 Å². The van der Waals surface area contributed by atoms with Crippen molar-refractivity contribution in [2.24, 2.45) is 0 Å². The van der Waals surface area contributed by atoms with Gasteiger partial charge >= 0.3 is 5.97 Å². The summed E-state index contributed by atoms with van der Waals surface area (Å²) < 4.78 is 0. The molecule has 1 heterocycles. The second kappa shape index (κ2) is 5.64. The molecule has 94 valence electrons. The zero-order valence-corrected chi connectivity index (χ0v) is 10.6. The molecular formula is C12H24N2O2. The lowest BCUT2D eigenvalue weighted by Crippen LogP contribution is -2.54. The Labute approximate surface area is 98.0 Å². The van der Waals surface area contributed by atoms with Crippen LogP contribution in [0.5, 0.6) is 0 Å². The molecule has 1 unspecified atom stereocenters. The Kier molecular flexibility index (Phi) is 4.74. The van der Waals surface area contributed by atoms with Gasteiger partial charge in [0.25, 0.3) is 0 Å². The van der Waals surface area contributed by atoms with Gasteiger partial charge in [0.1, 0.15) is 5.54 Å². The van der Waals surface area contributed by atoms with Crippen molar-refractivity contribution in [3.63, 3.8) is 0 Å². The molecule has 1 rings (SSSR count). The maximum Gasteiger partial charge on any atom is 0.323 e. The van der Waals surface area contributed by atoms with Gasteiger partial charge in [-0.15, -0.1) is 0 Å². The number of hydrogen-bond donors (Lipinski definition) is 2. The number of likely N-dealkylation sites (tertiary alicyclic amines) is 1. The summed E-state index contributed by atoms with van der Waals surface area (Å²) in [4.78, 5) is 13.4. The molecule has 4 heteroatoms. The molecule has 1 saturated heterocycles. The number of nitrogens with zero attached hydrogens (tertiary/aromatic N) is 1. The lowest BCUT2D eigenvalue weighted by Gasteiger charge is -2.32. The van der Waals surface area contributed by atoms with E-state index in [-0.39, 0.29) is 6.04 Å². The van der Waals surface area contributed by atoms with E-state index in [9.17, 15) is 4.79 Å². The molecule has 0 aliphatic carbocycles. The van der Waals surface area contributed by atoms with Gasteiger partial charge < -0.3 is 10.0 Å². The molecule has 0 spiro atoms. The highest BCUT2D eigenvalue weighted by atomic mass is 16.4. The summed E-state index contributed by atoms with van der Waals surface area (Å²) in [5.74, 6) is -0.794. The number of hydrogen-bond acceptors (Lipinski definition) is 3. The van der Waals surface area contributed by atoms with E-state index < -0.39 is 11.5 Å². The van der Waals surface area contributed by atoms with E-state index >= 15 is 0 Å². The van der Waals surface area contributed by atoms with Gasteiger partial charge in [0.05, 0.1) is 0 Å². The molecule has 0 amide bonds. The molecular weight excluding hydrogens is 204 g/mol. The lowest BCUT2D eigenvalue weighted by atomic mass is 10.0. The zero-order chi connectivity index (χ0) is 12.2. The van der Waals surface area contributed by atoms with E-state index in [2.05, 4.69) is 17.1 Å². The summed E-state index contributed by atoms with van der Waals surface area (Å²) in [5, 5.41) is 12.2.